The molecule has 2 N–H and O–H groups in total. The molecular weight excluding hydrogens is 576 g/mol. The van der Waals surface area contributed by atoms with Gasteiger partial charge < -0.3 is 19.7 Å². The molecule has 266 valence electrons. The van der Waals surface area contributed by atoms with E-state index < -0.39 is 6.10 Å². The fraction of sp³-hybridized carbons (Fsp3) is 0.750. The summed E-state index contributed by atoms with van der Waals surface area (Å²) in [5, 5.41) is 18.7. The molecule has 6 nitrogen and oxygen atoms in total. The fourth-order valence-corrected chi connectivity index (χ4v) is 4.91. The number of ether oxygens (including phenoxy) is 2. The Morgan fingerprint density at radius 3 is 1.48 bits per heavy atom. The van der Waals surface area contributed by atoms with Gasteiger partial charge in [0.1, 0.15) is 19.3 Å². The van der Waals surface area contributed by atoms with E-state index in [0.717, 1.165) is 76.5 Å². The van der Waals surface area contributed by atoms with E-state index in [1.54, 1.807) is 0 Å². The molecule has 0 aromatic carbocycles. The number of hydrogen-bond acceptors (Lipinski definition) is 6. The number of hydrogen-bond donors (Lipinski definition) is 2. The molecule has 0 aliphatic rings. The smallest absolute Gasteiger partial charge is 0.305 e. The van der Waals surface area contributed by atoms with Crippen molar-refractivity contribution in [2.75, 3.05) is 19.8 Å². The largest absolute Gasteiger partial charge is 0.463 e. The molecular formula is C40H70O6. The zero-order chi connectivity index (χ0) is 33.8. The quantitative estimate of drug-likeness (QED) is 0.0419. The average Bonchev–Trinajstić information content (AvgIpc) is 3.06. The van der Waals surface area contributed by atoms with E-state index in [-0.39, 0.29) is 25.2 Å². The SMILES string of the molecule is CCC(C)CCCCCCCCCCCCC(=O)OC[C@H](O)COC(=O)CCC/C=C\C/C=C\C/C=C\C/C=C\CCCCCO. The molecule has 0 amide bonds. The zero-order valence-electron chi connectivity index (χ0n) is 29.7. The molecule has 6 heteroatoms. The highest BCUT2D eigenvalue weighted by Crippen LogP contribution is 2.15. The number of esters is 2. The van der Waals surface area contributed by atoms with Crippen molar-refractivity contribution in [3.63, 3.8) is 0 Å². The Morgan fingerprint density at radius 1 is 0.565 bits per heavy atom. The topological polar surface area (TPSA) is 93.1 Å². The highest BCUT2D eigenvalue weighted by atomic mass is 16.6. The Bertz CT molecular complexity index is 800. The third-order valence-corrected chi connectivity index (χ3v) is 8.16. The molecule has 0 aromatic heterocycles. The molecule has 0 saturated heterocycles. The molecule has 0 fully saturated rings. The lowest BCUT2D eigenvalue weighted by atomic mass is 9.99. The first kappa shape index (κ1) is 43.8. The maximum Gasteiger partial charge on any atom is 0.305 e. The highest BCUT2D eigenvalue weighted by molar-refractivity contribution is 5.69. The van der Waals surface area contributed by atoms with Gasteiger partial charge in [0.15, 0.2) is 0 Å². The number of carbonyl (C=O) groups excluding carboxylic acids is 2. The molecule has 0 aliphatic carbocycles. The van der Waals surface area contributed by atoms with Crippen molar-refractivity contribution in [3.05, 3.63) is 48.6 Å². The normalized spacial score (nSPS) is 13.4. The van der Waals surface area contributed by atoms with E-state index in [1.807, 2.05) is 0 Å². The van der Waals surface area contributed by atoms with Gasteiger partial charge in [-0.1, -0.05) is 140 Å². The summed E-state index contributed by atoms with van der Waals surface area (Å²) in [6.07, 6.45) is 40.3. The lowest BCUT2D eigenvalue weighted by Gasteiger charge is -2.12. The maximum absolute atomic E-state index is 11.9. The number of allylic oxidation sites excluding steroid dienone is 8. The second-order valence-electron chi connectivity index (χ2n) is 12.7. The van der Waals surface area contributed by atoms with Crippen LogP contribution in [0.1, 0.15) is 162 Å². The first-order valence-corrected chi connectivity index (χ1v) is 18.7. The van der Waals surface area contributed by atoms with Crippen LogP contribution in [0.25, 0.3) is 0 Å². The molecule has 0 rings (SSSR count). The first-order chi connectivity index (χ1) is 22.5. The number of carbonyl (C=O) groups is 2. The van der Waals surface area contributed by atoms with Crippen LogP contribution >= 0.6 is 0 Å². The lowest BCUT2D eigenvalue weighted by molar-refractivity contribution is -0.152. The number of aliphatic hydroxyl groups excluding tert-OH is 2. The minimum absolute atomic E-state index is 0.140. The Morgan fingerprint density at radius 2 is 0.978 bits per heavy atom. The summed E-state index contributed by atoms with van der Waals surface area (Å²) < 4.78 is 10.3. The van der Waals surface area contributed by atoms with Gasteiger partial charge in [-0.05, 0) is 63.7 Å². The lowest BCUT2D eigenvalue weighted by Crippen LogP contribution is -2.25. The summed E-state index contributed by atoms with van der Waals surface area (Å²) in [5.41, 5.74) is 0. The van der Waals surface area contributed by atoms with Crippen LogP contribution in [-0.4, -0.2) is 48.1 Å². The number of aliphatic hydroxyl groups is 2. The molecule has 2 atom stereocenters. The van der Waals surface area contributed by atoms with E-state index in [2.05, 4.69) is 62.5 Å². The molecule has 1 unspecified atom stereocenters. The van der Waals surface area contributed by atoms with E-state index >= 15 is 0 Å². The molecule has 0 spiro atoms. The first-order valence-electron chi connectivity index (χ1n) is 18.7. The summed E-state index contributed by atoms with van der Waals surface area (Å²) in [6.45, 7) is 4.62. The van der Waals surface area contributed by atoms with Crippen molar-refractivity contribution in [2.24, 2.45) is 5.92 Å². The summed E-state index contributed by atoms with van der Waals surface area (Å²) >= 11 is 0. The van der Waals surface area contributed by atoms with Crippen molar-refractivity contribution in [2.45, 2.75) is 168 Å². The Kier molecular flexibility index (Phi) is 34.0. The Hall–Kier alpha value is -2.18. The average molecular weight is 647 g/mol. The van der Waals surface area contributed by atoms with Crippen molar-refractivity contribution >= 4 is 11.9 Å². The minimum Gasteiger partial charge on any atom is -0.463 e. The molecule has 46 heavy (non-hydrogen) atoms. The van der Waals surface area contributed by atoms with Crippen molar-refractivity contribution in [1.82, 2.24) is 0 Å². The summed E-state index contributed by atoms with van der Waals surface area (Å²) in [4.78, 5) is 23.9. The number of rotatable bonds is 33. The summed E-state index contributed by atoms with van der Waals surface area (Å²) in [7, 11) is 0. The predicted octanol–water partition coefficient (Wildman–Crippen LogP) is 10.3. The van der Waals surface area contributed by atoms with Gasteiger partial charge in [0.25, 0.3) is 0 Å². The maximum atomic E-state index is 11.9. The minimum atomic E-state index is -0.992. The van der Waals surface area contributed by atoms with Gasteiger partial charge >= 0.3 is 11.9 Å². The third-order valence-electron chi connectivity index (χ3n) is 8.16. The standard InChI is InChI=1S/C40H70O6/c1-3-37(2)31-27-23-19-15-12-13-17-21-25-29-33-40(44)46-36-38(42)35-45-39(43)32-28-24-20-16-11-9-7-5-4-6-8-10-14-18-22-26-30-34-41/h4,6-7,9-10,14,16,20,37-38,41-42H,3,5,8,11-13,15,17-19,21-36H2,1-2H3/b6-4-,9-7-,14-10-,20-16-/t37?,38-/m1/s1. The summed E-state index contributed by atoms with van der Waals surface area (Å²) in [6, 6.07) is 0. The van der Waals surface area contributed by atoms with Gasteiger partial charge in [-0.15, -0.1) is 0 Å². The molecule has 0 bridgehead atoms. The second-order valence-corrected chi connectivity index (χ2v) is 12.7. The van der Waals surface area contributed by atoms with Crippen LogP contribution in [0.15, 0.2) is 48.6 Å². The van der Waals surface area contributed by atoms with Gasteiger partial charge in [-0.2, -0.15) is 0 Å². The van der Waals surface area contributed by atoms with Crippen LogP contribution in [0.5, 0.6) is 0 Å². The van der Waals surface area contributed by atoms with E-state index in [1.165, 1.54) is 57.8 Å². The van der Waals surface area contributed by atoms with Crippen LogP contribution in [0.4, 0.5) is 0 Å². The molecule has 0 aliphatic heterocycles. The third kappa shape index (κ3) is 34.7. The van der Waals surface area contributed by atoms with Gasteiger partial charge in [0.2, 0.25) is 0 Å². The second kappa shape index (κ2) is 35.7. The van der Waals surface area contributed by atoms with Crippen molar-refractivity contribution < 1.29 is 29.3 Å². The predicted molar refractivity (Wildman–Crippen MR) is 193 cm³/mol. The summed E-state index contributed by atoms with van der Waals surface area (Å²) in [5.74, 6) is 0.228. The Balaban J connectivity index is 3.56. The molecule has 0 heterocycles. The zero-order valence-corrected chi connectivity index (χ0v) is 29.7. The van der Waals surface area contributed by atoms with Gasteiger partial charge in [0, 0.05) is 19.4 Å². The fourth-order valence-electron chi connectivity index (χ4n) is 4.91. The van der Waals surface area contributed by atoms with Crippen LogP contribution in [-0.2, 0) is 19.1 Å². The molecule has 0 radical (unpaired) electrons. The van der Waals surface area contributed by atoms with E-state index in [9.17, 15) is 14.7 Å². The highest BCUT2D eigenvalue weighted by Gasteiger charge is 2.12. The van der Waals surface area contributed by atoms with Crippen LogP contribution < -0.4 is 0 Å². The van der Waals surface area contributed by atoms with Crippen LogP contribution in [0.2, 0.25) is 0 Å². The number of unbranched alkanes of at least 4 members (excludes halogenated alkanes) is 13. The molecule has 0 aromatic rings. The Labute approximate surface area is 282 Å². The van der Waals surface area contributed by atoms with Gasteiger partial charge in [-0.25, -0.2) is 0 Å². The monoisotopic (exact) mass is 647 g/mol. The van der Waals surface area contributed by atoms with Crippen LogP contribution in [0.3, 0.4) is 0 Å². The molecule has 0 saturated carbocycles. The van der Waals surface area contributed by atoms with Crippen molar-refractivity contribution in [3.8, 4) is 0 Å². The van der Waals surface area contributed by atoms with E-state index in [4.69, 9.17) is 14.6 Å². The van der Waals surface area contributed by atoms with Crippen molar-refractivity contribution in [1.29, 1.82) is 0 Å². The van der Waals surface area contributed by atoms with Crippen LogP contribution in [0, 0.1) is 5.92 Å². The van der Waals surface area contributed by atoms with Gasteiger partial charge in [-0.3, -0.25) is 9.59 Å². The van der Waals surface area contributed by atoms with Gasteiger partial charge in [0.05, 0.1) is 0 Å². The van der Waals surface area contributed by atoms with E-state index in [0.29, 0.717) is 25.9 Å².